The lowest BCUT2D eigenvalue weighted by atomic mass is 9.83. The molecule has 0 radical (unpaired) electrons. The van der Waals surface area contributed by atoms with Gasteiger partial charge in [0, 0.05) is 21.5 Å². The van der Waals surface area contributed by atoms with Gasteiger partial charge in [0.05, 0.1) is 16.6 Å². The van der Waals surface area contributed by atoms with Crippen LogP contribution >= 0.6 is 34.7 Å². The van der Waals surface area contributed by atoms with E-state index >= 15 is 0 Å². The minimum atomic E-state index is -0.745. The van der Waals surface area contributed by atoms with Gasteiger partial charge >= 0.3 is 4.87 Å². The van der Waals surface area contributed by atoms with Crippen LogP contribution in [0.15, 0.2) is 88.7 Å². The number of nitrogens with one attached hydrogen (secondary N) is 1. The largest absolute Gasteiger partial charge is 0.324 e. The van der Waals surface area contributed by atoms with E-state index in [4.69, 9.17) is 11.6 Å². The topological polar surface area (TPSA) is 88.5 Å². The molecule has 196 valence electrons. The number of carbonyl (C=O) groups is 3. The molecule has 1 fully saturated rings. The van der Waals surface area contributed by atoms with E-state index in [1.54, 1.807) is 30.3 Å². The van der Waals surface area contributed by atoms with Crippen LogP contribution in [0.2, 0.25) is 5.02 Å². The number of thiazole rings is 1. The summed E-state index contributed by atoms with van der Waals surface area (Å²) in [5.74, 6) is -2.20. The maximum atomic E-state index is 13.8. The number of amides is 3. The lowest BCUT2D eigenvalue weighted by Gasteiger charge is -2.30. The second kappa shape index (κ2) is 10.1. The predicted molar refractivity (Wildman–Crippen MR) is 154 cm³/mol. The third-order valence-electron chi connectivity index (χ3n) is 7.01. The van der Waals surface area contributed by atoms with Crippen molar-refractivity contribution in [3.8, 4) is 0 Å². The van der Waals surface area contributed by atoms with Gasteiger partial charge in [-0.05, 0) is 48.4 Å². The third kappa shape index (κ3) is 4.50. The van der Waals surface area contributed by atoms with Crippen molar-refractivity contribution in [3.05, 3.63) is 110 Å². The lowest BCUT2D eigenvalue weighted by Crippen LogP contribution is -2.33. The van der Waals surface area contributed by atoms with Crippen molar-refractivity contribution >= 4 is 63.8 Å². The van der Waals surface area contributed by atoms with Crippen molar-refractivity contribution in [2.75, 3.05) is 10.2 Å². The SMILES string of the molecule is Cc1ccccc1NC(=O)Cn1c2c(sc1=O)C(c1ccccc1)C1C(=O)N(c3ccc(Cl)cc3)C(=O)C1S2. The van der Waals surface area contributed by atoms with E-state index in [1.165, 1.54) is 21.2 Å². The summed E-state index contributed by atoms with van der Waals surface area (Å²) in [5, 5.41) is 3.19. The fourth-order valence-electron chi connectivity index (χ4n) is 5.17. The Morgan fingerprint density at radius 3 is 2.33 bits per heavy atom. The summed E-state index contributed by atoms with van der Waals surface area (Å²) in [5.41, 5.74) is 2.87. The van der Waals surface area contributed by atoms with Crippen LogP contribution < -0.4 is 15.1 Å². The highest BCUT2D eigenvalue weighted by molar-refractivity contribution is 8.00. The number of rotatable bonds is 5. The number of nitrogens with zero attached hydrogens (tertiary/aromatic N) is 2. The first-order valence-electron chi connectivity index (χ1n) is 12.3. The summed E-state index contributed by atoms with van der Waals surface area (Å²) in [7, 11) is 0. The second-order valence-corrected chi connectivity index (χ2v) is 12.0. The molecule has 6 rings (SSSR count). The molecule has 0 aliphatic carbocycles. The van der Waals surface area contributed by atoms with Crippen LogP contribution in [0.3, 0.4) is 0 Å². The summed E-state index contributed by atoms with van der Waals surface area (Å²) in [4.78, 5) is 55.4. The van der Waals surface area contributed by atoms with Gasteiger partial charge in [0.1, 0.15) is 11.8 Å². The highest BCUT2D eigenvalue weighted by Gasteiger charge is 2.56. The molecule has 3 heterocycles. The molecule has 39 heavy (non-hydrogen) atoms. The van der Waals surface area contributed by atoms with E-state index in [9.17, 15) is 19.2 Å². The average molecular weight is 576 g/mol. The number of para-hydroxylation sites is 1. The Hall–Kier alpha value is -3.66. The van der Waals surface area contributed by atoms with E-state index in [0.29, 0.717) is 26.3 Å². The van der Waals surface area contributed by atoms with Crippen molar-refractivity contribution < 1.29 is 14.4 Å². The Morgan fingerprint density at radius 1 is 0.923 bits per heavy atom. The molecule has 1 saturated heterocycles. The molecule has 2 aliphatic heterocycles. The Balaban J connectivity index is 1.40. The van der Waals surface area contributed by atoms with E-state index in [0.717, 1.165) is 22.5 Å². The van der Waals surface area contributed by atoms with Crippen LogP contribution in [0.1, 0.15) is 21.9 Å². The molecule has 3 unspecified atom stereocenters. The monoisotopic (exact) mass is 575 g/mol. The zero-order valence-electron chi connectivity index (χ0n) is 20.7. The zero-order valence-corrected chi connectivity index (χ0v) is 23.1. The summed E-state index contributed by atoms with van der Waals surface area (Å²) in [6.07, 6.45) is 0. The molecular formula is C29H22ClN3O4S2. The van der Waals surface area contributed by atoms with Crippen LogP contribution in [0.25, 0.3) is 0 Å². The van der Waals surface area contributed by atoms with E-state index in [1.807, 2.05) is 55.5 Å². The quantitative estimate of drug-likeness (QED) is 0.326. The summed E-state index contributed by atoms with van der Waals surface area (Å²) in [6.45, 7) is 1.69. The molecule has 3 atom stereocenters. The van der Waals surface area contributed by atoms with E-state index < -0.39 is 17.1 Å². The first-order valence-corrected chi connectivity index (χ1v) is 14.3. The third-order valence-corrected chi connectivity index (χ3v) is 9.87. The van der Waals surface area contributed by atoms with Gasteiger partial charge in [0.2, 0.25) is 17.7 Å². The number of aryl methyl sites for hydroxylation is 1. The molecule has 0 spiro atoms. The van der Waals surface area contributed by atoms with Crippen molar-refractivity contribution in [1.82, 2.24) is 4.57 Å². The fraction of sp³-hybridized carbons (Fsp3) is 0.172. The highest BCUT2D eigenvalue weighted by Crippen LogP contribution is 2.53. The standard InChI is InChI=1S/C29H22ClN3O4S2/c1-16-7-5-6-10-20(16)31-21(34)15-32-28-25(39-29(32)37)22(17-8-3-2-4-9-17)23-24(38-28)27(36)33(26(23)35)19-13-11-18(30)12-14-19/h2-14,22-24H,15H2,1H3,(H,31,34). The molecule has 2 aliphatic rings. The minimum Gasteiger partial charge on any atom is -0.324 e. The smallest absolute Gasteiger partial charge is 0.308 e. The maximum absolute atomic E-state index is 13.8. The molecule has 1 N–H and O–H groups in total. The Kier molecular flexibility index (Phi) is 6.66. The van der Waals surface area contributed by atoms with Crippen LogP contribution in [-0.2, 0) is 20.9 Å². The summed E-state index contributed by atoms with van der Waals surface area (Å²) >= 11 is 8.26. The summed E-state index contributed by atoms with van der Waals surface area (Å²) < 4.78 is 1.42. The molecule has 7 nitrogen and oxygen atoms in total. The van der Waals surface area contributed by atoms with Gasteiger partial charge in [-0.1, -0.05) is 83.2 Å². The van der Waals surface area contributed by atoms with Crippen LogP contribution in [0, 0.1) is 12.8 Å². The van der Waals surface area contributed by atoms with Crippen molar-refractivity contribution in [3.63, 3.8) is 0 Å². The lowest BCUT2D eigenvalue weighted by molar-refractivity contribution is -0.122. The number of thioether (sulfide) groups is 1. The number of hydrogen-bond donors (Lipinski definition) is 1. The summed E-state index contributed by atoms with van der Waals surface area (Å²) in [6, 6.07) is 23.4. The molecule has 4 aromatic rings. The van der Waals surface area contributed by atoms with E-state index in [2.05, 4.69) is 5.32 Å². The van der Waals surface area contributed by atoms with Gasteiger partial charge < -0.3 is 5.32 Å². The number of aromatic nitrogens is 1. The molecule has 0 bridgehead atoms. The maximum Gasteiger partial charge on any atom is 0.308 e. The van der Waals surface area contributed by atoms with Gasteiger partial charge in [0.25, 0.3) is 0 Å². The van der Waals surface area contributed by atoms with Crippen molar-refractivity contribution in [2.24, 2.45) is 5.92 Å². The minimum absolute atomic E-state index is 0.200. The Labute approximate surface area is 237 Å². The van der Waals surface area contributed by atoms with Crippen LogP contribution in [0.5, 0.6) is 0 Å². The van der Waals surface area contributed by atoms with Gasteiger partial charge in [0.15, 0.2) is 0 Å². The van der Waals surface area contributed by atoms with Crippen LogP contribution in [-0.4, -0.2) is 27.5 Å². The highest BCUT2D eigenvalue weighted by atomic mass is 35.5. The average Bonchev–Trinajstić information content (AvgIpc) is 3.37. The molecule has 0 saturated carbocycles. The van der Waals surface area contributed by atoms with Gasteiger partial charge in [-0.3, -0.25) is 23.7 Å². The number of imide groups is 1. The predicted octanol–water partition coefficient (Wildman–Crippen LogP) is 5.31. The molecule has 3 aromatic carbocycles. The number of carbonyl (C=O) groups excluding carboxylic acids is 3. The van der Waals surface area contributed by atoms with E-state index in [-0.39, 0.29) is 29.1 Å². The van der Waals surface area contributed by atoms with Gasteiger partial charge in [-0.15, -0.1) is 0 Å². The number of fused-ring (bicyclic) bond motifs is 2. The number of halogens is 1. The van der Waals surface area contributed by atoms with Gasteiger partial charge in [-0.2, -0.15) is 0 Å². The van der Waals surface area contributed by atoms with Gasteiger partial charge in [-0.25, -0.2) is 4.90 Å². The molecular weight excluding hydrogens is 554 g/mol. The van der Waals surface area contributed by atoms with Crippen LogP contribution in [0.4, 0.5) is 11.4 Å². The molecule has 3 amide bonds. The zero-order chi connectivity index (χ0) is 27.3. The first-order chi connectivity index (χ1) is 18.8. The number of anilines is 2. The number of hydrogen-bond acceptors (Lipinski definition) is 6. The van der Waals surface area contributed by atoms with Crippen molar-refractivity contribution in [1.29, 1.82) is 0 Å². The normalized spacial score (nSPS) is 20.1. The fourth-order valence-corrected chi connectivity index (χ4v) is 8.07. The molecule has 10 heteroatoms. The number of benzene rings is 3. The second-order valence-electron chi connectivity index (χ2n) is 9.43. The first kappa shape index (κ1) is 25.6. The Bertz CT molecular complexity index is 1670. The van der Waals surface area contributed by atoms with Crippen molar-refractivity contribution in [2.45, 2.75) is 29.7 Å². The molecule has 1 aromatic heterocycles. The Morgan fingerprint density at radius 2 is 1.62 bits per heavy atom.